The zero-order valence-electron chi connectivity index (χ0n) is 23.1. The van der Waals surface area contributed by atoms with E-state index in [9.17, 15) is 13.2 Å². The molecule has 1 saturated heterocycles. The Balaban J connectivity index is 1.52. The molecule has 1 saturated carbocycles. The molecule has 0 unspecified atom stereocenters. The number of rotatable bonds is 7. The van der Waals surface area contributed by atoms with Crippen LogP contribution >= 0.6 is 0 Å². The molecule has 0 aromatic heterocycles. The molecular formula is C31H37N3O4S. The summed E-state index contributed by atoms with van der Waals surface area (Å²) in [6.07, 6.45) is 2.65. The Morgan fingerprint density at radius 3 is 2.05 bits per heavy atom. The average molecular weight is 548 g/mol. The zero-order valence-corrected chi connectivity index (χ0v) is 23.9. The molecule has 8 heteroatoms. The predicted octanol–water partition coefficient (Wildman–Crippen LogP) is 5.40. The van der Waals surface area contributed by atoms with Crippen molar-refractivity contribution < 1.29 is 17.9 Å². The van der Waals surface area contributed by atoms with Gasteiger partial charge in [-0.3, -0.25) is 4.90 Å². The molecule has 0 atom stereocenters. The average Bonchev–Trinajstić information content (AvgIpc) is 3.21. The van der Waals surface area contributed by atoms with E-state index in [0.717, 1.165) is 29.7 Å². The summed E-state index contributed by atoms with van der Waals surface area (Å²) in [4.78, 5) is 18.1. The number of hydrogen-bond acceptors (Lipinski definition) is 5. The number of sulfonamides is 1. The maximum Gasteiger partial charge on any atom is 0.334 e. The molecule has 0 N–H and O–H groups in total. The maximum absolute atomic E-state index is 14.1. The molecule has 1 aliphatic carbocycles. The van der Waals surface area contributed by atoms with Crippen molar-refractivity contribution in [2.75, 3.05) is 27.7 Å². The van der Waals surface area contributed by atoms with Crippen molar-refractivity contribution in [3.8, 4) is 5.75 Å². The van der Waals surface area contributed by atoms with Crippen LogP contribution in [0.2, 0.25) is 0 Å². The molecule has 7 nitrogen and oxygen atoms in total. The molecule has 3 aromatic rings. The monoisotopic (exact) mass is 547 g/mol. The fourth-order valence-electron chi connectivity index (χ4n) is 6.30. The van der Waals surface area contributed by atoms with Gasteiger partial charge in [-0.1, -0.05) is 60.2 Å². The van der Waals surface area contributed by atoms with Crippen LogP contribution in [0.4, 0.5) is 4.79 Å². The first-order valence-electron chi connectivity index (χ1n) is 13.4. The molecular weight excluding hydrogens is 510 g/mol. The second kappa shape index (κ2) is 10.3. The summed E-state index contributed by atoms with van der Waals surface area (Å²) in [6, 6.07) is 24.3. The normalized spacial score (nSPS) is 23.6. The van der Waals surface area contributed by atoms with E-state index in [4.69, 9.17) is 4.74 Å². The Labute approximate surface area is 232 Å². The van der Waals surface area contributed by atoms with Crippen molar-refractivity contribution in [2.45, 2.75) is 55.1 Å². The van der Waals surface area contributed by atoms with E-state index in [-0.39, 0.29) is 10.4 Å². The van der Waals surface area contributed by atoms with Crippen LogP contribution in [-0.4, -0.2) is 61.8 Å². The highest BCUT2D eigenvalue weighted by Gasteiger charge is 2.58. The lowest BCUT2D eigenvalue weighted by atomic mass is 9.69. The molecule has 39 heavy (non-hydrogen) atoms. The molecule has 2 amide bonds. The maximum atomic E-state index is 14.1. The van der Waals surface area contributed by atoms with Crippen molar-refractivity contribution >= 4 is 16.1 Å². The van der Waals surface area contributed by atoms with Crippen molar-refractivity contribution in [2.24, 2.45) is 0 Å². The number of amides is 2. The summed E-state index contributed by atoms with van der Waals surface area (Å²) in [5.41, 5.74) is 2.07. The van der Waals surface area contributed by atoms with Gasteiger partial charge >= 0.3 is 6.03 Å². The molecule has 3 aromatic carbocycles. The van der Waals surface area contributed by atoms with Crippen molar-refractivity contribution in [1.82, 2.24) is 14.1 Å². The Hall–Kier alpha value is -3.36. The Bertz CT molecular complexity index is 1410. The number of urea groups is 1. The van der Waals surface area contributed by atoms with Gasteiger partial charge in [0, 0.05) is 18.6 Å². The fraction of sp³-hybridized carbons (Fsp3) is 0.387. The van der Waals surface area contributed by atoms with Crippen molar-refractivity contribution in [3.05, 3.63) is 95.6 Å². The van der Waals surface area contributed by atoms with Crippen LogP contribution in [0.15, 0.2) is 83.8 Å². The van der Waals surface area contributed by atoms with Crippen molar-refractivity contribution in [1.29, 1.82) is 0 Å². The lowest BCUT2D eigenvalue weighted by Crippen LogP contribution is -2.56. The van der Waals surface area contributed by atoms with Crippen molar-refractivity contribution in [3.63, 3.8) is 0 Å². The summed E-state index contributed by atoms with van der Waals surface area (Å²) in [7, 11) is 1.72. The minimum Gasteiger partial charge on any atom is -0.497 e. The van der Waals surface area contributed by atoms with E-state index in [1.807, 2.05) is 37.3 Å². The van der Waals surface area contributed by atoms with Gasteiger partial charge in [-0.15, -0.1) is 0 Å². The third-order valence-corrected chi connectivity index (χ3v) is 10.5. The van der Waals surface area contributed by atoms with Crippen LogP contribution in [-0.2, 0) is 22.1 Å². The van der Waals surface area contributed by atoms with Gasteiger partial charge in [0.1, 0.15) is 5.75 Å². The van der Waals surface area contributed by atoms with Crippen LogP contribution in [0, 0.1) is 6.92 Å². The summed E-state index contributed by atoms with van der Waals surface area (Å²) >= 11 is 0. The lowest BCUT2D eigenvalue weighted by Gasteiger charge is -2.50. The number of benzene rings is 3. The first-order chi connectivity index (χ1) is 18.6. The van der Waals surface area contributed by atoms with Crippen LogP contribution in [0.25, 0.3) is 0 Å². The Morgan fingerprint density at radius 2 is 1.49 bits per heavy atom. The summed E-state index contributed by atoms with van der Waals surface area (Å²) in [6.45, 7) is 2.62. The van der Waals surface area contributed by atoms with Gasteiger partial charge in [0.15, 0.2) is 0 Å². The summed E-state index contributed by atoms with van der Waals surface area (Å²) < 4.78 is 34.7. The van der Waals surface area contributed by atoms with Gasteiger partial charge in [-0.2, -0.15) is 0 Å². The molecule has 0 bridgehead atoms. The van der Waals surface area contributed by atoms with E-state index >= 15 is 0 Å². The number of hydrogen-bond donors (Lipinski definition) is 0. The van der Waals surface area contributed by atoms with E-state index in [0.29, 0.717) is 25.9 Å². The smallest absolute Gasteiger partial charge is 0.334 e. The fourth-order valence-corrected chi connectivity index (χ4v) is 8.06. The number of ether oxygens (including phenoxy) is 1. The number of nitrogens with zero attached hydrogens (tertiary/aromatic N) is 3. The number of carbonyl (C=O) groups excluding carboxylic acids is 1. The Morgan fingerprint density at radius 1 is 0.872 bits per heavy atom. The van der Waals surface area contributed by atoms with Gasteiger partial charge in [0.25, 0.3) is 10.0 Å². The standard InChI is InChI=1S/C31H37N3O4S/c1-24-10-16-28(17-11-24)39(36,37)34-29(35)33(22-25-12-14-27(38-4)15-13-25)23-30(34)18-20-31(21-19-30,32(2)3)26-8-6-5-7-9-26/h5-17H,18-23H2,1-4H3. The lowest BCUT2D eigenvalue weighted by molar-refractivity contribution is 0.0447. The third-order valence-electron chi connectivity index (χ3n) is 8.63. The minimum absolute atomic E-state index is 0.152. The second-order valence-corrected chi connectivity index (χ2v) is 12.9. The molecule has 1 heterocycles. The Kier molecular flexibility index (Phi) is 7.20. The van der Waals surface area contributed by atoms with Gasteiger partial charge < -0.3 is 9.64 Å². The van der Waals surface area contributed by atoms with E-state index < -0.39 is 21.6 Å². The second-order valence-electron chi connectivity index (χ2n) is 11.1. The van der Waals surface area contributed by atoms with E-state index in [1.165, 1.54) is 9.87 Å². The van der Waals surface area contributed by atoms with Gasteiger partial charge in [0.2, 0.25) is 0 Å². The van der Waals surface area contributed by atoms with Crippen LogP contribution in [0.1, 0.15) is 42.4 Å². The molecule has 2 fully saturated rings. The van der Waals surface area contributed by atoms with Crippen LogP contribution in [0.3, 0.4) is 0 Å². The third kappa shape index (κ3) is 4.80. The number of methoxy groups -OCH3 is 1. The topological polar surface area (TPSA) is 70.2 Å². The van der Waals surface area contributed by atoms with E-state index in [2.05, 4.69) is 43.3 Å². The SMILES string of the molecule is COc1ccc(CN2CC3(CCC(c4ccccc4)(N(C)C)CC3)N(S(=O)(=O)c3ccc(C)cc3)C2=O)cc1. The van der Waals surface area contributed by atoms with Gasteiger partial charge in [-0.25, -0.2) is 17.5 Å². The largest absolute Gasteiger partial charge is 0.497 e. The molecule has 1 spiro atoms. The van der Waals surface area contributed by atoms with Crippen LogP contribution < -0.4 is 4.74 Å². The molecule has 0 radical (unpaired) electrons. The first kappa shape index (κ1) is 27.2. The minimum atomic E-state index is -4.06. The van der Waals surface area contributed by atoms with Gasteiger partial charge in [-0.05, 0) is 82.1 Å². The van der Waals surface area contributed by atoms with Crippen LogP contribution in [0.5, 0.6) is 5.75 Å². The number of carbonyl (C=O) groups is 1. The first-order valence-corrected chi connectivity index (χ1v) is 14.8. The van der Waals surface area contributed by atoms with E-state index in [1.54, 1.807) is 36.3 Å². The summed E-state index contributed by atoms with van der Waals surface area (Å²) in [5, 5.41) is 0. The predicted molar refractivity (Wildman–Crippen MR) is 152 cm³/mol. The zero-order chi connectivity index (χ0) is 27.8. The molecule has 5 rings (SSSR count). The number of aryl methyl sites for hydroxylation is 1. The molecule has 206 valence electrons. The molecule has 2 aliphatic rings. The highest BCUT2D eigenvalue weighted by molar-refractivity contribution is 7.89. The summed E-state index contributed by atoms with van der Waals surface area (Å²) in [5.74, 6) is 0.736. The highest BCUT2D eigenvalue weighted by atomic mass is 32.2. The van der Waals surface area contributed by atoms with Gasteiger partial charge in [0.05, 0.1) is 17.5 Å². The quantitative estimate of drug-likeness (QED) is 0.396. The highest BCUT2D eigenvalue weighted by Crippen LogP contribution is 2.50. The molecule has 1 aliphatic heterocycles.